The van der Waals surface area contributed by atoms with Crippen LogP contribution in [0.1, 0.15) is 11.1 Å². The van der Waals surface area contributed by atoms with E-state index >= 15 is 0 Å². The van der Waals surface area contributed by atoms with Gasteiger partial charge >= 0.3 is 0 Å². The van der Waals surface area contributed by atoms with Gasteiger partial charge in [0, 0.05) is 49.4 Å². The molecule has 0 aliphatic carbocycles. The van der Waals surface area contributed by atoms with Crippen LogP contribution in [0.15, 0.2) is 176 Å². The lowest BCUT2D eigenvalue weighted by Gasteiger charge is -2.14. The first-order chi connectivity index (χ1) is 27.2. The summed E-state index contributed by atoms with van der Waals surface area (Å²) in [5.74, 6) is 0. The van der Waals surface area contributed by atoms with E-state index < -0.39 is 0 Å². The molecule has 0 amide bonds. The van der Waals surface area contributed by atoms with Gasteiger partial charge in [-0.15, -0.1) is 0 Å². The summed E-state index contributed by atoms with van der Waals surface area (Å²) in [6.07, 6.45) is 0. The second-order valence-corrected chi connectivity index (χ2v) is 14.0. The van der Waals surface area contributed by atoms with E-state index in [2.05, 4.69) is 165 Å². The average molecular weight is 700 g/mol. The molecule has 0 fully saturated rings. The monoisotopic (exact) mass is 699 g/mol. The zero-order chi connectivity index (χ0) is 36.6. The molecule has 0 bridgehead atoms. The van der Waals surface area contributed by atoms with Crippen LogP contribution in [0.5, 0.6) is 0 Å². The molecule has 8 aromatic carbocycles. The lowest BCUT2D eigenvalue weighted by atomic mass is 10.0. The number of nitrogens with zero attached hydrogens (tertiary/aromatic N) is 5. The molecule has 0 saturated carbocycles. The van der Waals surface area contributed by atoms with Crippen LogP contribution in [0.4, 0.5) is 0 Å². The van der Waals surface area contributed by atoms with Crippen molar-refractivity contribution in [1.29, 1.82) is 10.5 Å². The van der Waals surface area contributed by atoms with Gasteiger partial charge in [0.25, 0.3) is 0 Å². The highest BCUT2D eigenvalue weighted by atomic mass is 15.0. The fourth-order valence-corrected chi connectivity index (χ4v) is 8.70. The van der Waals surface area contributed by atoms with Crippen molar-refractivity contribution in [2.24, 2.45) is 0 Å². The van der Waals surface area contributed by atoms with E-state index in [-0.39, 0.29) is 0 Å². The SMILES string of the molecule is N#Cc1ccc2c(c1)c1cc(C#N)ccc1n2-c1cccc(-c2cccc(-n3c4ccccc4c4ccc5c6ccccc6n(-c6ccccc6)c5c43)c2)c1. The third-order valence-electron chi connectivity index (χ3n) is 11.0. The number of rotatable bonds is 4. The highest BCUT2D eigenvalue weighted by molar-refractivity contribution is 6.23. The predicted octanol–water partition coefficient (Wildman–Crippen LogP) is 12.4. The molecule has 55 heavy (non-hydrogen) atoms. The molecule has 11 rings (SSSR count). The largest absolute Gasteiger partial charge is 0.309 e. The molecule has 11 aromatic rings. The third-order valence-corrected chi connectivity index (χ3v) is 11.0. The topological polar surface area (TPSA) is 62.4 Å². The Kier molecular flexibility index (Phi) is 6.61. The van der Waals surface area contributed by atoms with E-state index in [4.69, 9.17) is 0 Å². The van der Waals surface area contributed by atoms with E-state index in [0.29, 0.717) is 11.1 Å². The molecular weight excluding hydrogens is 671 g/mol. The van der Waals surface area contributed by atoms with Crippen LogP contribution < -0.4 is 0 Å². The Bertz CT molecular complexity index is 3380. The summed E-state index contributed by atoms with van der Waals surface area (Å²) < 4.78 is 7.08. The zero-order valence-electron chi connectivity index (χ0n) is 29.5. The minimum atomic E-state index is 0.589. The zero-order valence-corrected chi connectivity index (χ0v) is 29.5. The van der Waals surface area contributed by atoms with E-state index in [0.717, 1.165) is 55.5 Å². The Labute approximate surface area is 316 Å². The smallest absolute Gasteiger partial charge is 0.0991 e. The molecule has 0 saturated heterocycles. The van der Waals surface area contributed by atoms with E-state index in [9.17, 15) is 10.5 Å². The first-order valence-electron chi connectivity index (χ1n) is 18.3. The van der Waals surface area contributed by atoms with Crippen LogP contribution in [0.25, 0.3) is 93.6 Å². The first-order valence-corrected chi connectivity index (χ1v) is 18.3. The van der Waals surface area contributed by atoms with Gasteiger partial charge in [-0.05, 0) is 96.1 Å². The van der Waals surface area contributed by atoms with Gasteiger partial charge in [-0.3, -0.25) is 0 Å². The van der Waals surface area contributed by atoms with Crippen LogP contribution in [0, 0.1) is 22.7 Å². The van der Waals surface area contributed by atoms with Gasteiger partial charge in [-0.1, -0.05) is 91.0 Å². The number of fused-ring (bicyclic) bond motifs is 10. The quantitative estimate of drug-likeness (QED) is 0.184. The molecule has 0 spiro atoms. The Morgan fingerprint density at radius 3 is 1.27 bits per heavy atom. The van der Waals surface area contributed by atoms with Gasteiger partial charge in [0.15, 0.2) is 0 Å². The van der Waals surface area contributed by atoms with Crippen molar-refractivity contribution in [3.05, 3.63) is 187 Å². The molecule has 0 unspecified atom stereocenters. The van der Waals surface area contributed by atoms with Crippen LogP contribution in [0.2, 0.25) is 0 Å². The molecule has 0 N–H and O–H groups in total. The molecule has 5 nitrogen and oxygen atoms in total. The van der Waals surface area contributed by atoms with Crippen LogP contribution in [-0.4, -0.2) is 13.7 Å². The summed E-state index contributed by atoms with van der Waals surface area (Å²) in [4.78, 5) is 0. The molecule has 0 atom stereocenters. The van der Waals surface area contributed by atoms with E-state index in [1.165, 1.54) is 38.1 Å². The minimum absolute atomic E-state index is 0.589. The highest BCUT2D eigenvalue weighted by Gasteiger charge is 2.21. The Balaban J connectivity index is 1.15. The Hall–Kier alpha value is -7.86. The van der Waals surface area contributed by atoms with Crippen LogP contribution >= 0.6 is 0 Å². The van der Waals surface area contributed by atoms with Crippen molar-refractivity contribution in [3.8, 4) is 40.3 Å². The summed E-state index contributed by atoms with van der Waals surface area (Å²) in [5.41, 5.74) is 13.2. The molecular formula is C50H29N5. The summed E-state index contributed by atoms with van der Waals surface area (Å²) in [5, 5.41) is 26.2. The van der Waals surface area contributed by atoms with Gasteiger partial charge < -0.3 is 13.7 Å². The standard InChI is InChI=1S/C50H29N5/c51-30-32-20-24-47-43(26-32)44-27-33(31-52)21-25-48(44)53(47)37-14-8-10-34(28-37)35-11-9-15-38(29-35)55-46-19-7-5-17-40(46)42-23-22-41-39-16-4-6-18-45(39)54(49(41)50(42)55)36-12-2-1-3-13-36/h1-29H. The average Bonchev–Trinajstić information content (AvgIpc) is 3.89. The van der Waals surface area contributed by atoms with Gasteiger partial charge in [0.1, 0.15) is 0 Å². The minimum Gasteiger partial charge on any atom is -0.309 e. The van der Waals surface area contributed by atoms with Crippen molar-refractivity contribution in [2.75, 3.05) is 0 Å². The van der Waals surface area contributed by atoms with Gasteiger partial charge in [0.2, 0.25) is 0 Å². The van der Waals surface area contributed by atoms with E-state index in [1.54, 1.807) is 0 Å². The lowest BCUT2D eigenvalue weighted by molar-refractivity contribution is 1.15. The van der Waals surface area contributed by atoms with Gasteiger partial charge in [-0.25, -0.2) is 0 Å². The molecule has 5 heteroatoms. The van der Waals surface area contributed by atoms with E-state index in [1.807, 2.05) is 36.4 Å². The Morgan fingerprint density at radius 2 is 0.745 bits per heavy atom. The number of para-hydroxylation sites is 3. The molecule has 0 aliphatic heterocycles. The van der Waals surface area contributed by atoms with Crippen LogP contribution in [-0.2, 0) is 0 Å². The second-order valence-electron chi connectivity index (χ2n) is 14.0. The normalized spacial score (nSPS) is 11.6. The molecule has 3 aromatic heterocycles. The molecule has 254 valence electrons. The van der Waals surface area contributed by atoms with Crippen molar-refractivity contribution in [3.63, 3.8) is 0 Å². The number of nitriles is 2. The molecule has 0 radical (unpaired) electrons. The summed E-state index contributed by atoms with van der Waals surface area (Å²) in [6, 6.07) is 66.2. The van der Waals surface area contributed by atoms with Crippen LogP contribution in [0.3, 0.4) is 0 Å². The lowest BCUT2D eigenvalue weighted by Crippen LogP contribution is -1.99. The highest BCUT2D eigenvalue weighted by Crippen LogP contribution is 2.42. The fourth-order valence-electron chi connectivity index (χ4n) is 8.70. The fraction of sp³-hybridized carbons (Fsp3) is 0. The van der Waals surface area contributed by atoms with Crippen molar-refractivity contribution >= 4 is 65.4 Å². The second kappa shape index (κ2) is 11.8. The van der Waals surface area contributed by atoms with Crippen molar-refractivity contribution < 1.29 is 0 Å². The van der Waals surface area contributed by atoms with Crippen molar-refractivity contribution in [2.45, 2.75) is 0 Å². The first kappa shape index (κ1) is 30.7. The number of hydrogen-bond donors (Lipinski definition) is 0. The maximum absolute atomic E-state index is 9.70. The summed E-state index contributed by atoms with van der Waals surface area (Å²) in [6.45, 7) is 0. The molecule has 0 aliphatic rings. The predicted molar refractivity (Wildman–Crippen MR) is 224 cm³/mol. The van der Waals surface area contributed by atoms with Crippen molar-refractivity contribution in [1.82, 2.24) is 13.7 Å². The number of hydrogen-bond acceptors (Lipinski definition) is 2. The Morgan fingerprint density at radius 1 is 0.309 bits per heavy atom. The molecule has 3 heterocycles. The van der Waals surface area contributed by atoms with Gasteiger partial charge in [0.05, 0.1) is 56.4 Å². The van der Waals surface area contributed by atoms with Gasteiger partial charge in [-0.2, -0.15) is 10.5 Å². The number of benzene rings is 8. The third kappa shape index (κ3) is 4.51. The maximum Gasteiger partial charge on any atom is 0.0991 e. The summed E-state index contributed by atoms with van der Waals surface area (Å²) >= 11 is 0. The number of aromatic nitrogens is 3. The summed E-state index contributed by atoms with van der Waals surface area (Å²) in [7, 11) is 0. The maximum atomic E-state index is 9.70.